The zero-order valence-electron chi connectivity index (χ0n) is 8.91. The van der Waals surface area contributed by atoms with Crippen molar-refractivity contribution in [1.29, 1.82) is 0 Å². The standard InChI is InChI=1S/C11H13BrFNO2/c1-14(6-5-10(15)16)7-8-3-2-4-9(13)11(8)12/h2-4H,5-7H2,1H3,(H,15,16). The number of carbonyl (C=O) groups is 1. The molecular weight excluding hydrogens is 277 g/mol. The van der Waals surface area contributed by atoms with Crippen molar-refractivity contribution < 1.29 is 14.3 Å². The van der Waals surface area contributed by atoms with Gasteiger partial charge in [-0.05, 0) is 34.6 Å². The third kappa shape index (κ3) is 3.90. The van der Waals surface area contributed by atoms with E-state index < -0.39 is 5.97 Å². The molecule has 0 aromatic heterocycles. The minimum absolute atomic E-state index is 0.0867. The summed E-state index contributed by atoms with van der Waals surface area (Å²) in [5.74, 6) is -1.13. The van der Waals surface area contributed by atoms with E-state index in [9.17, 15) is 9.18 Å². The van der Waals surface area contributed by atoms with Crippen LogP contribution in [0, 0.1) is 5.82 Å². The van der Waals surface area contributed by atoms with Gasteiger partial charge in [-0.3, -0.25) is 4.79 Å². The van der Waals surface area contributed by atoms with Crippen LogP contribution >= 0.6 is 15.9 Å². The Hall–Kier alpha value is -0.940. The number of carboxylic acids is 1. The highest BCUT2D eigenvalue weighted by Gasteiger charge is 2.08. The lowest BCUT2D eigenvalue weighted by Crippen LogP contribution is -2.21. The van der Waals surface area contributed by atoms with Crippen molar-refractivity contribution in [1.82, 2.24) is 4.90 Å². The lowest BCUT2D eigenvalue weighted by molar-refractivity contribution is -0.137. The molecule has 5 heteroatoms. The van der Waals surface area contributed by atoms with Crippen molar-refractivity contribution in [3.63, 3.8) is 0 Å². The fourth-order valence-electron chi connectivity index (χ4n) is 1.33. The second kappa shape index (κ2) is 5.96. The minimum atomic E-state index is -0.829. The summed E-state index contributed by atoms with van der Waals surface area (Å²) in [5, 5.41) is 8.53. The van der Waals surface area contributed by atoms with E-state index in [0.717, 1.165) is 5.56 Å². The highest BCUT2D eigenvalue weighted by molar-refractivity contribution is 9.10. The Bertz CT molecular complexity index is 384. The fourth-order valence-corrected chi connectivity index (χ4v) is 1.72. The number of halogens is 2. The molecule has 88 valence electrons. The molecule has 0 fully saturated rings. The van der Waals surface area contributed by atoms with Crippen LogP contribution in [0.25, 0.3) is 0 Å². The molecule has 0 heterocycles. The molecule has 1 aromatic rings. The summed E-state index contributed by atoms with van der Waals surface area (Å²) in [6.07, 6.45) is 0.0867. The molecule has 16 heavy (non-hydrogen) atoms. The van der Waals surface area contributed by atoms with Gasteiger partial charge in [0.05, 0.1) is 10.9 Å². The Labute approximate surface area is 102 Å². The Morgan fingerprint density at radius 2 is 2.25 bits per heavy atom. The van der Waals surface area contributed by atoms with Crippen molar-refractivity contribution in [3.8, 4) is 0 Å². The van der Waals surface area contributed by atoms with Crippen LogP contribution in [-0.4, -0.2) is 29.6 Å². The first-order chi connectivity index (χ1) is 7.50. The molecule has 0 aliphatic rings. The second-order valence-electron chi connectivity index (χ2n) is 3.59. The molecule has 0 atom stereocenters. The number of hydrogen-bond acceptors (Lipinski definition) is 2. The van der Waals surface area contributed by atoms with Gasteiger partial charge >= 0.3 is 5.97 Å². The number of rotatable bonds is 5. The van der Waals surface area contributed by atoms with Crippen LogP contribution in [0.4, 0.5) is 4.39 Å². The monoisotopic (exact) mass is 289 g/mol. The quantitative estimate of drug-likeness (QED) is 0.905. The Kier molecular flexibility index (Phi) is 4.89. The van der Waals surface area contributed by atoms with Gasteiger partial charge in [-0.2, -0.15) is 0 Å². The molecule has 0 unspecified atom stereocenters. The van der Waals surface area contributed by atoms with E-state index in [-0.39, 0.29) is 12.2 Å². The summed E-state index contributed by atoms with van der Waals surface area (Å²) < 4.78 is 13.6. The van der Waals surface area contributed by atoms with E-state index in [2.05, 4.69) is 15.9 Å². The number of hydrogen-bond donors (Lipinski definition) is 1. The molecule has 0 saturated carbocycles. The predicted molar refractivity (Wildman–Crippen MR) is 62.7 cm³/mol. The molecule has 3 nitrogen and oxygen atoms in total. The summed E-state index contributed by atoms with van der Waals surface area (Å²) in [6.45, 7) is 0.962. The van der Waals surface area contributed by atoms with Gasteiger partial charge in [0.25, 0.3) is 0 Å². The van der Waals surface area contributed by atoms with Crippen LogP contribution in [0.2, 0.25) is 0 Å². The zero-order chi connectivity index (χ0) is 12.1. The van der Waals surface area contributed by atoms with Crippen LogP contribution in [0.1, 0.15) is 12.0 Å². The Balaban J connectivity index is 2.59. The first kappa shape index (κ1) is 13.1. The molecule has 0 saturated heterocycles. The van der Waals surface area contributed by atoms with Crippen LogP contribution in [-0.2, 0) is 11.3 Å². The second-order valence-corrected chi connectivity index (χ2v) is 4.39. The average molecular weight is 290 g/mol. The molecular formula is C11H13BrFNO2. The van der Waals surface area contributed by atoms with Gasteiger partial charge in [-0.15, -0.1) is 0 Å². The van der Waals surface area contributed by atoms with Gasteiger partial charge in [0.1, 0.15) is 5.82 Å². The average Bonchev–Trinajstić information content (AvgIpc) is 2.22. The maximum atomic E-state index is 13.2. The van der Waals surface area contributed by atoms with Crippen LogP contribution in [0.15, 0.2) is 22.7 Å². The Morgan fingerprint density at radius 3 is 2.88 bits per heavy atom. The first-order valence-corrected chi connectivity index (χ1v) is 5.63. The van der Waals surface area contributed by atoms with Crippen LogP contribution in [0.5, 0.6) is 0 Å². The summed E-state index contributed by atoms with van der Waals surface area (Å²) >= 11 is 3.17. The Morgan fingerprint density at radius 1 is 1.56 bits per heavy atom. The van der Waals surface area contributed by atoms with E-state index in [4.69, 9.17) is 5.11 Å². The molecule has 0 aliphatic heterocycles. The molecule has 0 spiro atoms. The normalized spacial score (nSPS) is 10.8. The van der Waals surface area contributed by atoms with Gasteiger partial charge in [0.2, 0.25) is 0 Å². The van der Waals surface area contributed by atoms with Gasteiger partial charge in [-0.1, -0.05) is 12.1 Å². The van der Waals surface area contributed by atoms with Gasteiger partial charge < -0.3 is 10.0 Å². The SMILES string of the molecule is CN(CCC(=O)O)Cc1cccc(F)c1Br. The van der Waals surface area contributed by atoms with E-state index in [1.807, 2.05) is 11.0 Å². The number of aliphatic carboxylic acids is 1. The van der Waals surface area contributed by atoms with Crippen molar-refractivity contribution in [2.24, 2.45) is 0 Å². The lowest BCUT2D eigenvalue weighted by atomic mass is 10.2. The number of benzene rings is 1. The predicted octanol–water partition coefficient (Wildman–Crippen LogP) is 2.49. The van der Waals surface area contributed by atoms with Crippen molar-refractivity contribution in [2.75, 3.05) is 13.6 Å². The minimum Gasteiger partial charge on any atom is -0.481 e. The van der Waals surface area contributed by atoms with Crippen molar-refractivity contribution >= 4 is 21.9 Å². The maximum Gasteiger partial charge on any atom is 0.304 e. The van der Waals surface area contributed by atoms with Gasteiger partial charge in [0.15, 0.2) is 0 Å². The number of carboxylic acid groups (broad SMARTS) is 1. The molecule has 0 radical (unpaired) electrons. The molecule has 1 N–H and O–H groups in total. The summed E-state index contributed by atoms with van der Waals surface area (Å²) in [5.41, 5.74) is 0.813. The molecule has 0 bridgehead atoms. The lowest BCUT2D eigenvalue weighted by Gasteiger charge is -2.16. The van der Waals surface area contributed by atoms with Crippen molar-refractivity contribution in [3.05, 3.63) is 34.1 Å². The summed E-state index contributed by atoms with van der Waals surface area (Å²) in [6, 6.07) is 4.83. The third-order valence-electron chi connectivity index (χ3n) is 2.18. The molecule has 0 amide bonds. The molecule has 0 aliphatic carbocycles. The maximum absolute atomic E-state index is 13.2. The van der Waals surface area contributed by atoms with Crippen molar-refractivity contribution in [2.45, 2.75) is 13.0 Å². The van der Waals surface area contributed by atoms with E-state index >= 15 is 0 Å². The molecule has 1 aromatic carbocycles. The number of nitrogens with zero attached hydrogens (tertiary/aromatic N) is 1. The largest absolute Gasteiger partial charge is 0.481 e. The summed E-state index contributed by atoms with van der Waals surface area (Å²) in [4.78, 5) is 12.2. The zero-order valence-corrected chi connectivity index (χ0v) is 10.5. The summed E-state index contributed by atoms with van der Waals surface area (Å²) in [7, 11) is 1.81. The topological polar surface area (TPSA) is 40.5 Å². The fraction of sp³-hybridized carbons (Fsp3) is 0.364. The highest BCUT2D eigenvalue weighted by Crippen LogP contribution is 2.21. The van der Waals surface area contributed by atoms with E-state index in [0.29, 0.717) is 17.6 Å². The van der Waals surface area contributed by atoms with E-state index in [1.165, 1.54) is 6.07 Å². The smallest absolute Gasteiger partial charge is 0.304 e. The van der Waals surface area contributed by atoms with Gasteiger partial charge in [-0.25, -0.2) is 4.39 Å². The highest BCUT2D eigenvalue weighted by atomic mass is 79.9. The first-order valence-electron chi connectivity index (χ1n) is 4.84. The van der Waals surface area contributed by atoms with E-state index in [1.54, 1.807) is 13.1 Å². The van der Waals surface area contributed by atoms with Crippen LogP contribution in [0.3, 0.4) is 0 Å². The molecule has 1 rings (SSSR count). The third-order valence-corrected chi connectivity index (χ3v) is 3.07. The van der Waals surface area contributed by atoms with Gasteiger partial charge in [0, 0.05) is 13.1 Å². The van der Waals surface area contributed by atoms with Crippen LogP contribution < -0.4 is 0 Å².